The Kier molecular flexibility index (Phi) is 7.65. The molecule has 3 aromatic carbocycles. The number of amides is 1. The molecule has 0 radical (unpaired) electrons. The monoisotopic (exact) mass is 419 g/mol. The van der Waals surface area contributed by atoms with Crippen LogP contribution in [-0.2, 0) is 18.0 Å². The van der Waals surface area contributed by atoms with E-state index < -0.39 is 0 Å². The van der Waals surface area contributed by atoms with Gasteiger partial charge < -0.3 is 19.5 Å². The number of carbonyl (C=O) groups excluding carboxylic acids is 2. The van der Waals surface area contributed by atoms with Crippen molar-refractivity contribution < 1.29 is 23.8 Å². The molecule has 0 aromatic heterocycles. The van der Waals surface area contributed by atoms with Crippen molar-refractivity contribution in [2.24, 2.45) is 0 Å². The molecule has 0 spiro atoms. The molecule has 1 N–H and O–H groups in total. The van der Waals surface area contributed by atoms with E-state index >= 15 is 0 Å². The molecule has 31 heavy (non-hydrogen) atoms. The highest BCUT2D eigenvalue weighted by atomic mass is 16.5. The number of carbonyl (C=O) groups is 2. The summed E-state index contributed by atoms with van der Waals surface area (Å²) < 4.78 is 17.3. The van der Waals surface area contributed by atoms with Crippen molar-refractivity contribution in [3.05, 3.63) is 89.0 Å². The number of hydrogen-bond donors (Lipinski definition) is 1. The first-order valence-corrected chi connectivity index (χ1v) is 9.89. The van der Waals surface area contributed by atoms with Crippen LogP contribution in [0, 0.1) is 6.92 Å². The standard InChI is InChI=1S/C25H25NO5/c1-18-3-7-22(8-4-18)29-15-20-11-21(13-24(12-20)31-17-25(28)26-2)16-30-23-9-5-19(14-27)6-10-23/h3-14H,15-17H2,1-2H3,(H,26,28). The van der Waals surface area contributed by atoms with Crippen molar-refractivity contribution in [1.29, 1.82) is 0 Å². The lowest BCUT2D eigenvalue weighted by Crippen LogP contribution is -2.24. The Morgan fingerprint density at radius 2 is 1.35 bits per heavy atom. The Balaban J connectivity index is 1.71. The van der Waals surface area contributed by atoms with Crippen LogP contribution in [0.5, 0.6) is 17.2 Å². The van der Waals surface area contributed by atoms with Gasteiger partial charge in [-0.15, -0.1) is 0 Å². The largest absolute Gasteiger partial charge is 0.489 e. The second-order valence-corrected chi connectivity index (χ2v) is 7.02. The molecular weight excluding hydrogens is 394 g/mol. The lowest BCUT2D eigenvalue weighted by molar-refractivity contribution is -0.122. The fraction of sp³-hybridized carbons (Fsp3) is 0.200. The summed E-state index contributed by atoms with van der Waals surface area (Å²) in [6.07, 6.45) is 0.789. The lowest BCUT2D eigenvalue weighted by atomic mass is 10.1. The molecular formula is C25H25NO5. The van der Waals surface area contributed by atoms with Gasteiger partial charge in [-0.2, -0.15) is 0 Å². The van der Waals surface area contributed by atoms with E-state index in [-0.39, 0.29) is 12.5 Å². The maximum atomic E-state index is 11.5. The third-order valence-electron chi connectivity index (χ3n) is 4.52. The lowest BCUT2D eigenvalue weighted by Gasteiger charge is -2.13. The van der Waals surface area contributed by atoms with Gasteiger partial charge in [0.25, 0.3) is 5.91 Å². The number of hydrogen-bond acceptors (Lipinski definition) is 5. The third-order valence-corrected chi connectivity index (χ3v) is 4.52. The molecule has 0 unspecified atom stereocenters. The second kappa shape index (κ2) is 10.8. The summed E-state index contributed by atoms with van der Waals surface area (Å²) in [7, 11) is 1.56. The van der Waals surface area contributed by atoms with E-state index in [0.29, 0.717) is 30.3 Å². The molecule has 1 amide bonds. The fourth-order valence-corrected chi connectivity index (χ4v) is 2.81. The summed E-state index contributed by atoms with van der Waals surface area (Å²) >= 11 is 0. The van der Waals surface area contributed by atoms with Gasteiger partial charge in [-0.05, 0) is 72.6 Å². The van der Waals surface area contributed by atoms with Gasteiger partial charge in [0.05, 0.1) is 0 Å². The maximum absolute atomic E-state index is 11.5. The third kappa shape index (κ3) is 6.89. The summed E-state index contributed by atoms with van der Waals surface area (Å²) in [5.74, 6) is 1.77. The highest BCUT2D eigenvalue weighted by molar-refractivity contribution is 5.77. The molecule has 0 bridgehead atoms. The zero-order valence-electron chi connectivity index (χ0n) is 17.6. The van der Waals surface area contributed by atoms with Crippen molar-refractivity contribution in [1.82, 2.24) is 5.32 Å². The number of ether oxygens (including phenoxy) is 3. The molecule has 0 saturated carbocycles. The smallest absolute Gasteiger partial charge is 0.257 e. The van der Waals surface area contributed by atoms with Crippen LogP contribution in [-0.4, -0.2) is 25.8 Å². The molecule has 0 atom stereocenters. The average Bonchev–Trinajstić information content (AvgIpc) is 2.81. The number of rotatable bonds is 10. The first kappa shape index (κ1) is 21.9. The topological polar surface area (TPSA) is 73.9 Å². The predicted octanol–water partition coefficient (Wildman–Crippen LogP) is 4.09. The SMILES string of the molecule is CNC(=O)COc1cc(COc2ccc(C)cc2)cc(COc2ccc(C=O)cc2)c1. The van der Waals surface area contributed by atoms with Gasteiger partial charge in [0.1, 0.15) is 36.7 Å². The number of aryl methyl sites for hydroxylation is 1. The highest BCUT2D eigenvalue weighted by Gasteiger charge is 2.07. The van der Waals surface area contributed by atoms with Gasteiger partial charge in [0, 0.05) is 12.6 Å². The molecule has 6 heteroatoms. The average molecular weight is 419 g/mol. The Labute approximate surface area is 181 Å². The number of aldehydes is 1. The Morgan fingerprint density at radius 3 is 1.87 bits per heavy atom. The van der Waals surface area contributed by atoms with E-state index in [2.05, 4.69) is 5.32 Å². The minimum atomic E-state index is -0.214. The van der Waals surface area contributed by atoms with E-state index in [1.807, 2.05) is 49.4 Å². The molecule has 6 nitrogen and oxygen atoms in total. The van der Waals surface area contributed by atoms with Gasteiger partial charge in [0.15, 0.2) is 6.61 Å². The summed E-state index contributed by atoms with van der Waals surface area (Å²) in [5.41, 5.74) is 3.52. The molecule has 0 saturated heterocycles. The maximum Gasteiger partial charge on any atom is 0.257 e. The van der Waals surface area contributed by atoms with Gasteiger partial charge >= 0.3 is 0 Å². The van der Waals surface area contributed by atoms with Gasteiger partial charge in [0.2, 0.25) is 0 Å². The number of nitrogens with one attached hydrogen (secondary N) is 1. The molecule has 0 aliphatic heterocycles. The van der Waals surface area contributed by atoms with Crippen molar-refractivity contribution in [3.63, 3.8) is 0 Å². The minimum Gasteiger partial charge on any atom is -0.489 e. The normalized spacial score (nSPS) is 10.3. The minimum absolute atomic E-state index is 0.0772. The summed E-state index contributed by atoms with van der Waals surface area (Å²) in [6.45, 7) is 2.60. The van der Waals surface area contributed by atoms with Crippen LogP contribution in [0.15, 0.2) is 66.7 Å². The molecule has 0 aliphatic carbocycles. The van der Waals surface area contributed by atoms with Crippen LogP contribution in [0.1, 0.15) is 27.0 Å². The zero-order valence-corrected chi connectivity index (χ0v) is 17.6. The van der Waals surface area contributed by atoms with Crippen LogP contribution >= 0.6 is 0 Å². The summed E-state index contributed by atoms with van der Waals surface area (Å²) in [6, 6.07) is 20.4. The Hall–Kier alpha value is -3.80. The predicted molar refractivity (Wildman–Crippen MR) is 118 cm³/mol. The van der Waals surface area contributed by atoms with Gasteiger partial charge in [-0.1, -0.05) is 17.7 Å². The Morgan fingerprint density at radius 1 is 0.806 bits per heavy atom. The van der Waals surface area contributed by atoms with E-state index in [1.165, 1.54) is 0 Å². The molecule has 0 fully saturated rings. The Bertz CT molecular complexity index is 1010. The van der Waals surface area contributed by atoms with E-state index in [0.717, 1.165) is 28.7 Å². The zero-order chi connectivity index (χ0) is 22.1. The molecule has 0 aliphatic rings. The van der Waals surface area contributed by atoms with Crippen molar-refractivity contribution in [2.45, 2.75) is 20.1 Å². The van der Waals surface area contributed by atoms with Crippen molar-refractivity contribution in [2.75, 3.05) is 13.7 Å². The number of likely N-dealkylation sites (N-methyl/N-ethyl adjacent to an activating group) is 1. The van der Waals surface area contributed by atoms with Crippen molar-refractivity contribution in [3.8, 4) is 17.2 Å². The van der Waals surface area contributed by atoms with E-state index in [9.17, 15) is 9.59 Å². The summed E-state index contributed by atoms with van der Waals surface area (Å²) in [5, 5.41) is 2.53. The molecule has 3 aromatic rings. The van der Waals surface area contributed by atoms with E-state index in [4.69, 9.17) is 14.2 Å². The molecule has 3 rings (SSSR count). The van der Waals surface area contributed by atoms with Crippen molar-refractivity contribution >= 4 is 12.2 Å². The number of benzene rings is 3. The molecule has 160 valence electrons. The van der Waals surface area contributed by atoms with Crippen LogP contribution in [0.2, 0.25) is 0 Å². The van der Waals surface area contributed by atoms with Gasteiger partial charge in [-0.3, -0.25) is 9.59 Å². The van der Waals surface area contributed by atoms with Gasteiger partial charge in [-0.25, -0.2) is 0 Å². The first-order valence-electron chi connectivity index (χ1n) is 9.89. The molecule has 0 heterocycles. The van der Waals surface area contributed by atoms with Crippen LogP contribution in [0.4, 0.5) is 0 Å². The fourth-order valence-electron chi connectivity index (χ4n) is 2.81. The summed E-state index contributed by atoms with van der Waals surface area (Å²) in [4.78, 5) is 22.3. The highest BCUT2D eigenvalue weighted by Crippen LogP contribution is 2.22. The quantitative estimate of drug-likeness (QED) is 0.501. The second-order valence-electron chi connectivity index (χ2n) is 7.02. The van der Waals surface area contributed by atoms with Crippen LogP contribution < -0.4 is 19.5 Å². The first-order chi connectivity index (χ1) is 15.1. The van der Waals surface area contributed by atoms with Crippen LogP contribution in [0.25, 0.3) is 0 Å². The van der Waals surface area contributed by atoms with Crippen LogP contribution in [0.3, 0.4) is 0 Å². The van der Waals surface area contributed by atoms with E-state index in [1.54, 1.807) is 31.3 Å².